The largest absolute Gasteiger partial charge is 0.395 e. The second-order valence-electron chi connectivity index (χ2n) is 2.33. The molecule has 0 saturated carbocycles. The third kappa shape index (κ3) is 1.000. The van der Waals surface area contributed by atoms with Gasteiger partial charge < -0.3 is 22.9 Å². The van der Waals surface area contributed by atoms with E-state index < -0.39 is 0 Å². The molecule has 0 aliphatic rings. The van der Waals surface area contributed by atoms with E-state index in [1.807, 2.05) is 0 Å². The Morgan fingerprint density at radius 2 is 1.27 bits per heavy atom. The van der Waals surface area contributed by atoms with Crippen molar-refractivity contribution in [1.29, 1.82) is 0 Å². The fourth-order valence-electron chi connectivity index (χ4n) is 0.780. The van der Waals surface area contributed by atoms with E-state index in [4.69, 9.17) is 22.9 Å². The molecule has 5 nitrogen and oxygen atoms in total. The van der Waals surface area contributed by atoms with Gasteiger partial charge in [0.05, 0.1) is 11.4 Å². The highest BCUT2D eigenvalue weighted by molar-refractivity contribution is 5.77. The summed E-state index contributed by atoms with van der Waals surface area (Å²) in [6, 6.07) is 0. The van der Waals surface area contributed by atoms with Crippen LogP contribution in [0.5, 0.6) is 0 Å². The lowest BCUT2D eigenvalue weighted by Gasteiger charge is -2.08. The van der Waals surface area contributed by atoms with Gasteiger partial charge in [-0.1, -0.05) is 0 Å². The average molecular weight is 153 g/mol. The summed E-state index contributed by atoms with van der Waals surface area (Å²) >= 11 is 0. The molecular formula is C6H11N5. The number of nitrogens with two attached hydrogens (primary N) is 4. The molecule has 60 valence electrons. The third-order valence-corrected chi connectivity index (χ3v) is 1.60. The monoisotopic (exact) mass is 153 g/mol. The number of rotatable bonds is 0. The Kier molecular flexibility index (Phi) is 1.48. The van der Waals surface area contributed by atoms with Crippen molar-refractivity contribution in [3.63, 3.8) is 0 Å². The van der Waals surface area contributed by atoms with Crippen LogP contribution in [0.3, 0.4) is 0 Å². The van der Waals surface area contributed by atoms with E-state index in [1.54, 1.807) is 6.92 Å². The fourth-order valence-corrected chi connectivity index (χ4v) is 0.780. The molecule has 0 fully saturated rings. The fraction of sp³-hybridized carbons (Fsp3) is 0.167. The van der Waals surface area contributed by atoms with Crippen LogP contribution in [0.15, 0.2) is 0 Å². The molecule has 0 radical (unpaired) electrons. The van der Waals surface area contributed by atoms with Crippen LogP contribution in [0.4, 0.5) is 23.0 Å². The predicted octanol–water partition coefficient (Wildman–Crippen LogP) is -0.281. The summed E-state index contributed by atoms with van der Waals surface area (Å²) in [5.74, 6) is 0.461. The number of hydrogen-bond donors (Lipinski definition) is 4. The number of hydrogen-bond acceptors (Lipinski definition) is 5. The summed E-state index contributed by atoms with van der Waals surface area (Å²) in [6.07, 6.45) is 0. The topological polar surface area (TPSA) is 117 Å². The Balaban J connectivity index is 3.46. The minimum atomic E-state index is 0.231. The van der Waals surface area contributed by atoms with Gasteiger partial charge in [-0.2, -0.15) is 0 Å². The van der Waals surface area contributed by atoms with Crippen LogP contribution in [0.25, 0.3) is 0 Å². The lowest BCUT2D eigenvalue weighted by Crippen LogP contribution is -2.07. The molecule has 1 rings (SSSR count). The molecule has 1 aromatic heterocycles. The summed E-state index contributed by atoms with van der Waals surface area (Å²) < 4.78 is 0. The highest BCUT2D eigenvalue weighted by Gasteiger charge is 2.07. The Morgan fingerprint density at radius 1 is 0.909 bits per heavy atom. The first-order valence-corrected chi connectivity index (χ1v) is 3.10. The first kappa shape index (κ1) is 7.46. The van der Waals surface area contributed by atoms with Crippen LogP contribution in [0.2, 0.25) is 0 Å². The van der Waals surface area contributed by atoms with Gasteiger partial charge in [0.25, 0.3) is 0 Å². The first-order chi connectivity index (χ1) is 5.04. The minimum absolute atomic E-state index is 0.231. The molecule has 11 heavy (non-hydrogen) atoms. The zero-order chi connectivity index (χ0) is 8.59. The Morgan fingerprint density at radius 3 is 1.64 bits per heavy atom. The second-order valence-corrected chi connectivity index (χ2v) is 2.33. The van der Waals surface area contributed by atoms with Crippen molar-refractivity contribution in [3.05, 3.63) is 5.56 Å². The van der Waals surface area contributed by atoms with Crippen molar-refractivity contribution in [2.45, 2.75) is 6.92 Å². The lowest BCUT2D eigenvalue weighted by molar-refractivity contribution is 1.31. The summed E-state index contributed by atoms with van der Waals surface area (Å²) in [5, 5.41) is 0. The molecule has 5 heteroatoms. The molecule has 0 amide bonds. The van der Waals surface area contributed by atoms with E-state index in [0.29, 0.717) is 16.9 Å². The van der Waals surface area contributed by atoms with Crippen LogP contribution in [0.1, 0.15) is 5.56 Å². The van der Waals surface area contributed by atoms with Crippen molar-refractivity contribution in [3.8, 4) is 0 Å². The molecule has 1 heterocycles. The molecule has 0 spiro atoms. The van der Waals surface area contributed by atoms with Gasteiger partial charge in [-0.25, -0.2) is 4.98 Å². The zero-order valence-corrected chi connectivity index (χ0v) is 6.26. The summed E-state index contributed by atoms with van der Waals surface area (Å²) in [7, 11) is 0. The summed E-state index contributed by atoms with van der Waals surface area (Å²) in [4.78, 5) is 3.74. The number of nitrogen functional groups attached to an aromatic ring is 4. The van der Waals surface area contributed by atoms with E-state index in [9.17, 15) is 0 Å². The molecule has 0 atom stereocenters. The molecule has 0 aromatic carbocycles. The average Bonchev–Trinajstić information content (AvgIpc) is 1.97. The van der Waals surface area contributed by atoms with Crippen molar-refractivity contribution < 1.29 is 0 Å². The highest BCUT2D eigenvalue weighted by Crippen LogP contribution is 2.26. The molecule has 0 bridgehead atoms. The molecule has 0 aliphatic heterocycles. The van der Waals surface area contributed by atoms with Crippen LogP contribution in [-0.2, 0) is 0 Å². The first-order valence-electron chi connectivity index (χ1n) is 3.10. The normalized spacial score (nSPS) is 9.91. The van der Waals surface area contributed by atoms with E-state index >= 15 is 0 Å². The predicted molar refractivity (Wildman–Crippen MR) is 46.6 cm³/mol. The highest BCUT2D eigenvalue weighted by atomic mass is 15.0. The van der Waals surface area contributed by atoms with Gasteiger partial charge in [0.2, 0.25) is 0 Å². The van der Waals surface area contributed by atoms with E-state index in [1.165, 1.54) is 0 Å². The van der Waals surface area contributed by atoms with Gasteiger partial charge in [0, 0.05) is 5.56 Å². The number of pyridine rings is 1. The van der Waals surface area contributed by atoms with E-state index in [2.05, 4.69) is 4.98 Å². The maximum atomic E-state index is 5.53. The Hall–Kier alpha value is -1.65. The van der Waals surface area contributed by atoms with Crippen LogP contribution < -0.4 is 22.9 Å². The van der Waals surface area contributed by atoms with Gasteiger partial charge in [-0.05, 0) is 6.92 Å². The maximum Gasteiger partial charge on any atom is 0.149 e. The molecule has 0 aliphatic carbocycles. The Bertz CT molecular complexity index is 267. The van der Waals surface area contributed by atoms with Crippen LogP contribution >= 0.6 is 0 Å². The van der Waals surface area contributed by atoms with E-state index in [-0.39, 0.29) is 11.6 Å². The van der Waals surface area contributed by atoms with Gasteiger partial charge >= 0.3 is 0 Å². The van der Waals surface area contributed by atoms with Crippen molar-refractivity contribution in [1.82, 2.24) is 4.98 Å². The minimum Gasteiger partial charge on any atom is -0.395 e. The van der Waals surface area contributed by atoms with E-state index in [0.717, 1.165) is 0 Å². The Labute approximate surface area is 64.4 Å². The lowest BCUT2D eigenvalue weighted by atomic mass is 10.2. The number of aromatic nitrogens is 1. The van der Waals surface area contributed by atoms with Gasteiger partial charge in [0.1, 0.15) is 11.6 Å². The van der Waals surface area contributed by atoms with Crippen molar-refractivity contribution in [2.75, 3.05) is 22.9 Å². The van der Waals surface area contributed by atoms with Crippen molar-refractivity contribution >= 4 is 23.0 Å². The smallest absolute Gasteiger partial charge is 0.149 e. The SMILES string of the molecule is Cc1c(N)c(N)nc(N)c1N. The van der Waals surface area contributed by atoms with Crippen LogP contribution in [-0.4, -0.2) is 4.98 Å². The molecule has 0 saturated heterocycles. The second kappa shape index (κ2) is 2.19. The summed E-state index contributed by atoms with van der Waals surface area (Å²) in [5.41, 5.74) is 23.4. The summed E-state index contributed by atoms with van der Waals surface area (Å²) in [6.45, 7) is 1.75. The van der Waals surface area contributed by atoms with Gasteiger partial charge in [-0.3, -0.25) is 0 Å². The molecular weight excluding hydrogens is 142 g/mol. The van der Waals surface area contributed by atoms with Crippen LogP contribution in [0, 0.1) is 6.92 Å². The molecule has 1 aromatic rings. The molecule has 8 N–H and O–H groups in total. The standard InChI is InChI=1S/C6H11N5/c1-2-3(7)5(9)11-6(10)4(2)8/h7-8H2,1H3,(H4,9,10,11). The van der Waals surface area contributed by atoms with Crippen molar-refractivity contribution in [2.24, 2.45) is 0 Å². The molecule has 0 unspecified atom stereocenters. The zero-order valence-electron chi connectivity index (χ0n) is 6.26. The quantitative estimate of drug-likeness (QED) is 0.409. The third-order valence-electron chi connectivity index (χ3n) is 1.60. The van der Waals surface area contributed by atoms with Gasteiger partial charge in [-0.15, -0.1) is 0 Å². The van der Waals surface area contributed by atoms with Gasteiger partial charge in [0.15, 0.2) is 0 Å². The number of nitrogens with zero attached hydrogens (tertiary/aromatic N) is 1. The maximum absolute atomic E-state index is 5.53. The number of anilines is 4.